The summed E-state index contributed by atoms with van der Waals surface area (Å²) in [5.41, 5.74) is 0. The van der Waals surface area contributed by atoms with Gasteiger partial charge in [-0.3, -0.25) is 0 Å². The second-order valence-electron chi connectivity index (χ2n) is 5.80. The fourth-order valence-electron chi connectivity index (χ4n) is 1.83. The molecule has 1 N–H and O–H groups in total. The van der Waals surface area contributed by atoms with Gasteiger partial charge in [0.2, 0.25) is 0 Å². The van der Waals surface area contributed by atoms with E-state index in [1.54, 1.807) is 0 Å². The Morgan fingerprint density at radius 1 is 0.941 bits per heavy atom. The first kappa shape index (κ1) is 16.9. The molecule has 0 spiro atoms. The third-order valence-corrected chi connectivity index (χ3v) is 3.02. The highest BCUT2D eigenvalue weighted by atomic mass is 16.5. The summed E-state index contributed by atoms with van der Waals surface area (Å²) in [4.78, 5) is 0. The molecule has 0 bridgehead atoms. The van der Waals surface area contributed by atoms with E-state index in [0.717, 1.165) is 31.6 Å². The van der Waals surface area contributed by atoms with E-state index in [-0.39, 0.29) is 0 Å². The molecule has 0 saturated heterocycles. The van der Waals surface area contributed by atoms with E-state index < -0.39 is 0 Å². The molecule has 1 unspecified atom stereocenters. The van der Waals surface area contributed by atoms with E-state index in [1.165, 1.54) is 25.7 Å². The molecular weight excluding hydrogens is 210 g/mol. The first-order chi connectivity index (χ1) is 8.06. The van der Waals surface area contributed by atoms with Gasteiger partial charge in [-0.1, -0.05) is 41.0 Å². The molecule has 0 amide bonds. The van der Waals surface area contributed by atoms with E-state index in [9.17, 15) is 0 Å². The Morgan fingerprint density at radius 2 is 1.59 bits per heavy atom. The van der Waals surface area contributed by atoms with Crippen LogP contribution in [0.15, 0.2) is 0 Å². The van der Waals surface area contributed by atoms with Crippen molar-refractivity contribution in [2.24, 2.45) is 11.8 Å². The van der Waals surface area contributed by atoms with Gasteiger partial charge in [-0.2, -0.15) is 0 Å². The van der Waals surface area contributed by atoms with Crippen LogP contribution in [0.1, 0.15) is 60.3 Å². The Bertz CT molecular complexity index is 157. The summed E-state index contributed by atoms with van der Waals surface area (Å²) in [6, 6.07) is 0.594. The summed E-state index contributed by atoms with van der Waals surface area (Å²) in [7, 11) is 0. The second kappa shape index (κ2) is 11.0. The molecule has 0 aliphatic rings. The smallest absolute Gasteiger partial charge is 0.0469 e. The topological polar surface area (TPSA) is 21.3 Å². The molecule has 0 aromatic rings. The van der Waals surface area contributed by atoms with Crippen LogP contribution in [0.2, 0.25) is 0 Å². The summed E-state index contributed by atoms with van der Waals surface area (Å²) >= 11 is 0. The Balaban J connectivity index is 3.55. The van der Waals surface area contributed by atoms with Crippen LogP contribution >= 0.6 is 0 Å². The normalized spacial score (nSPS) is 13.6. The molecule has 2 heteroatoms. The van der Waals surface area contributed by atoms with Crippen LogP contribution in [0, 0.1) is 11.8 Å². The summed E-state index contributed by atoms with van der Waals surface area (Å²) in [6.45, 7) is 14.2. The number of ether oxygens (including phenoxy) is 1. The number of hydrogen-bond acceptors (Lipinski definition) is 2. The van der Waals surface area contributed by atoms with Crippen molar-refractivity contribution >= 4 is 0 Å². The maximum absolute atomic E-state index is 5.70. The van der Waals surface area contributed by atoms with Crippen LogP contribution in [0.4, 0.5) is 0 Å². The van der Waals surface area contributed by atoms with Crippen molar-refractivity contribution in [1.82, 2.24) is 5.32 Å². The standard InChI is InChI=1S/C15H33NO/c1-6-7-15(12-16-14(4)5)9-11-17-10-8-13(2)3/h13-16H,6-12H2,1-5H3. The van der Waals surface area contributed by atoms with E-state index in [2.05, 4.69) is 39.9 Å². The van der Waals surface area contributed by atoms with Gasteiger partial charge >= 0.3 is 0 Å². The maximum atomic E-state index is 5.70. The van der Waals surface area contributed by atoms with E-state index in [1.807, 2.05) is 0 Å². The third-order valence-electron chi connectivity index (χ3n) is 3.02. The minimum absolute atomic E-state index is 0.594. The average Bonchev–Trinajstić information content (AvgIpc) is 2.24. The molecule has 0 fully saturated rings. The maximum Gasteiger partial charge on any atom is 0.0469 e. The van der Waals surface area contributed by atoms with Gasteiger partial charge in [-0.25, -0.2) is 0 Å². The highest BCUT2D eigenvalue weighted by molar-refractivity contribution is 4.64. The van der Waals surface area contributed by atoms with Crippen molar-refractivity contribution in [3.05, 3.63) is 0 Å². The van der Waals surface area contributed by atoms with E-state index in [0.29, 0.717) is 6.04 Å². The first-order valence-electron chi connectivity index (χ1n) is 7.37. The molecule has 0 rings (SSSR count). The lowest BCUT2D eigenvalue weighted by atomic mass is 10.00. The molecule has 17 heavy (non-hydrogen) atoms. The van der Waals surface area contributed by atoms with Gasteiger partial charge in [0.15, 0.2) is 0 Å². The van der Waals surface area contributed by atoms with E-state index in [4.69, 9.17) is 4.74 Å². The molecule has 0 aromatic heterocycles. The van der Waals surface area contributed by atoms with Crippen molar-refractivity contribution in [1.29, 1.82) is 0 Å². The van der Waals surface area contributed by atoms with Crippen LogP contribution in [0.25, 0.3) is 0 Å². The van der Waals surface area contributed by atoms with Crippen LogP contribution in [0.3, 0.4) is 0 Å². The summed E-state index contributed by atoms with van der Waals surface area (Å²) in [6.07, 6.45) is 4.97. The van der Waals surface area contributed by atoms with Gasteiger partial charge in [-0.05, 0) is 37.6 Å². The van der Waals surface area contributed by atoms with Gasteiger partial charge in [0.05, 0.1) is 0 Å². The van der Waals surface area contributed by atoms with Crippen molar-refractivity contribution in [2.45, 2.75) is 66.3 Å². The quantitative estimate of drug-likeness (QED) is 0.556. The lowest BCUT2D eigenvalue weighted by molar-refractivity contribution is 0.109. The Kier molecular flexibility index (Phi) is 11.0. The van der Waals surface area contributed by atoms with Gasteiger partial charge in [0.25, 0.3) is 0 Å². The van der Waals surface area contributed by atoms with Gasteiger partial charge in [0, 0.05) is 19.3 Å². The summed E-state index contributed by atoms with van der Waals surface area (Å²) in [5.74, 6) is 1.53. The fourth-order valence-corrected chi connectivity index (χ4v) is 1.83. The van der Waals surface area contributed by atoms with Crippen molar-refractivity contribution in [2.75, 3.05) is 19.8 Å². The van der Waals surface area contributed by atoms with Crippen molar-refractivity contribution < 1.29 is 4.74 Å². The lowest BCUT2D eigenvalue weighted by Gasteiger charge is -2.18. The second-order valence-corrected chi connectivity index (χ2v) is 5.80. The SMILES string of the molecule is CCCC(CCOCCC(C)C)CNC(C)C. The van der Waals surface area contributed by atoms with Crippen molar-refractivity contribution in [3.63, 3.8) is 0 Å². The predicted octanol–water partition coefficient (Wildman–Crippen LogP) is 3.85. The monoisotopic (exact) mass is 243 g/mol. The molecule has 0 heterocycles. The Hall–Kier alpha value is -0.0800. The minimum atomic E-state index is 0.594. The highest BCUT2D eigenvalue weighted by Gasteiger charge is 2.08. The Morgan fingerprint density at radius 3 is 2.12 bits per heavy atom. The lowest BCUT2D eigenvalue weighted by Crippen LogP contribution is -2.29. The van der Waals surface area contributed by atoms with Crippen LogP contribution in [-0.2, 0) is 4.74 Å². The average molecular weight is 243 g/mol. The third kappa shape index (κ3) is 12.2. The molecule has 0 aliphatic heterocycles. The number of hydrogen-bond donors (Lipinski definition) is 1. The molecule has 2 nitrogen and oxygen atoms in total. The molecule has 1 atom stereocenters. The van der Waals surface area contributed by atoms with Crippen molar-refractivity contribution in [3.8, 4) is 0 Å². The van der Waals surface area contributed by atoms with Gasteiger partial charge in [0.1, 0.15) is 0 Å². The molecule has 0 aromatic carbocycles. The molecule has 0 aliphatic carbocycles. The van der Waals surface area contributed by atoms with E-state index >= 15 is 0 Å². The number of rotatable bonds is 11. The summed E-state index contributed by atoms with van der Waals surface area (Å²) in [5, 5.41) is 3.53. The Labute approximate surface area is 109 Å². The zero-order valence-corrected chi connectivity index (χ0v) is 12.6. The highest BCUT2D eigenvalue weighted by Crippen LogP contribution is 2.11. The zero-order valence-electron chi connectivity index (χ0n) is 12.6. The molecule has 104 valence electrons. The molecule has 0 radical (unpaired) electrons. The van der Waals surface area contributed by atoms with Crippen LogP contribution in [-0.4, -0.2) is 25.8 Å². The minimum Gasteiger partial charge on any atom is -0.381 e. The molecule has 0 saturated carbocycles. The van der Waals surface area contributed by atoms with Crippen LogP contribution in [0.5, 0.6) is 0 Å². The largest absolute Gasteiger partial charge is 0.381 e. The fraction of sp³-hybridized carbons (Fsp3) is 1.00. The molecular formula is C15H33NO. The summed E-state index contributed by atoms with van der Waals surface area (Å²) < 4.78 is 5.70. The van der Waals surface area contributed by atoms with Gasteiger partial charge < -0.3 is 10.1 Å². The predicted molar refractivity (Wildman–Crippen MR) is 76.4 cm³/mol. The zero-order chi connectivity index (χ0) is 13.1. The van der Waals surface area contributed by atoms with Crippen LogP contribution < -0.4 is 5.32 Å². The number of nitrogens with one attached hydrogen (secondary N) is 1. The van der Waals surface area contributed by atoms with Gasteiger partial charge in [-0.15, -0.1) is 0 Å². The first-order valence-corrected chi connectivity index (χ1v) is 7.37.